The van der Waals surface area contributed by atoms with E-state index in [1.54, 1.807) is 43.5 Å². The molecule has 0 fully saturated rings. The first kappa shape index (κ1) is 20.0. The van der Waals surface area contributed by atoms with Gasteiger partial charge in [-0.25, -0.2) is 8.42 Å². The van der Waals surface area contributed by atoms with Crippen molar-refractivity contribution in [1.29, 1.82) is 0 Å². The molecule has 148 valence electrons. The van der Waals surface area contributed by atoms with Crippen LogP contribution in [0.15, 0.2) is 42.5 Å². The average molecular weight is 421 g/mol. The number of carbonyl (C=O) groups is 1. The first-order chi connectivity index (χ1) is 13.2. The Morgan fingerprint density at radius 2 is 1.82 bits per heavy atom. The third-order valence-corrected chi connectivity index (χ3v) is 6.56. The van der Waals surface area contributed by atoms with Crippen molar-refractivity contribution in [2.24, 2.45) is 0 Å². The lowest BCUT2D eigenvalue weighted by molar-refractivity contribution is 0.103. The number of hydrogen-bond donors (Lipinski definition) is 1. The molecule has 1 heterocycles. The normalized spacial score (nSPS) is 11.3. The summed E-state index contributed by atoms with van der Waals surface area (Å²) in [5.41, 5.74) is 1.07. The van der Waals surface area contributed by atoms with Crippen molar-refractivity contribution in [2.75, 3.05) is 37.1 Å². The van der Waals surface area contributed by atoms with Crippen LogP contribution in [-0.2, 0) is 10.0 Å². The molecular weight excluding hydrogens is 400 g/mol. The van der Waals surface area contributed by atoms with Gasteiger partial charge >= 0.3 is 0 Å². The predicted octanol–water partition coefficient (Wildman–Crippen LogP) is 3.57. The summed E-state index contributed by atoms with van der Waals surface area (Å²) in [5, 5.41) is 3.63. The predicted molar refractivity (Wildman–Crippen MR) is 113 cm³/mol. The van der Waals surface area contributed by atoms with Gasteiger partial charge in [-0.05, 0) is 41.8 Å². The molecule has 0 aliphatic heterocycles. The van der Waals surface area contributed by atoms with Crippen LogP contribution < -0.4 is 19.1 Å². The summed E-state index contributed by atoms with van der Waals surface area (Å²) in [5.74, 6) is 0.841. The second-order valence-electron chi connectivity index (χ2n) is 6.08. The Morgan fingerprint density at radius 3 is 2.46 bits per heavy atom. The maximum Gasteiger partial charge on any atom is 0.265 e. The summed E-state index contributed by atoms with van der Waals surface area (Å²) in [7, 11) is 1.21. The van der Waals surface area contributed by atoms with Gasteiger partial charge in [-0.15, -0.1) is 11.3 Å². The number of methoxy groups -OCH3 is 2. The number of nitrogens with zero attached hydrogens (tertiary/aromatic N) is 1. The highest BCUT2D eigenvalue weighted by molar-refractivity contribution is 7.92. The Balaban J connectivity index is 1.88. The topological polar surface area (TPSA) is 84.9 Å². The molecule has 3 rings (SSSR count). The smallest absolute Gasteiger partial charge is 0.265 e. The van der Waals surface area contributed by atoms with Crippen molar-refractivity contribution in [1.82, 2.24) is 0 Å². The molecule has 0 atom stereocenters. The van der Waals surface area contributed by atoms with Crippen molar-refractivity contribution < 1.29 is 22.7 Å². The molecule has 0 radical (unpaired) electrons. The maximum absolute atomic E-state index is 12.7. The highest BCUT2D eigenvalue weighted by Gasteiger charge is 2.16. The van der Waals surface area contributed by atoms with Gasteiger partial charge in [0.15, 0.2) is 0 Å². The molecular formula is C19H20N2O5S2. The molecule has 7 nitrogen and oxygen atoms in total. The molecule has 1 aromatic heterocycles. The zero-order valence-corrected chi connectivity index (χ0v) is 17.5. The van der Waals surface area contributed by atoms with Gasteiger partial charge in [-0.1, -0.05) is 0 Å². The standard InChI is InChI=1S/C19H20N2O5S2/c1-21(28(4,23)24)13-5-8-17-12(9-13)10-18(27-17)19(22)20-15-7-6-14(25-2)11-16(15)26-3/h5-11H,1-4H3,(H,20,22). The SMILES string of the molecule is COc1ccc(NC(=O)c2cc3cc(N(C)S(C)(=O)=O)ccc3s2)c(OC)c1. The molecule has 0 unspecified atom stereocenters. The first-order valence-electron chi connectivity index (χ1n) is 8.24. The summed E-state index contributed by atoms with van der Waals surface area (Å²) >= 11 is 1.33. The van der Waals surface area contributed by atoms with Crippen LogP contribution in [0, 0.1) is 0 Å². The first-order valence-corrected chi connectivity index (χ1v) is 10.9. The molecule has 0 aliphatic carbocycles. The van der Waals surface area contributed by atoms with E-state index in [0.29, 0.717) is 27.8 Å². The fraction of sp³-hybridized carbons (Fsp3) is 0.211. The number of thiophene rings is 1. The molecule has 28 heavy (non-hydrogen) atoms. The van der Waals surface area contributed by atoms with Crippen LogP contribution in [0.25, 0.3) is 10.1 Å². The van der Waals surface area contributed by atoms with E-state index >= 15 is 0 Å². The Labute approximate surface area is 167 Å². The van der Waals surface area contributed by atoms with Crippen LogP contribution >= 0.6 is 11.3 Å². The number of fused-ring (bicyclic) bond motifs is 1. The Bertz CT molecular complexity index is 1140. The van der Waals surface area contributed by atoms with Crippen LogP contribution in [0.3, 0.4) is 0 Å². The van der Waals surface area contributed by atoms with Gasteiger partial charge in [-0.2, -0.15) is 0 Å². The Kier molecular flexibility index (Phi) is 5.48. The van der Waals surface area contributed by atoms with Crippen molar-refractivity contribution in [2.45, 2.75) is 0 Å². The minimum Gasteiger partial charge on any atom is -0.497 e. The van der Waals surface area contributed by atoms with E-state index < -0.39 is 10.0 Å². The van der Waals surface area contributed by atoms with E-state index in [1.165, 1.54) is 29.8 Å². The van der Waals surface area contributed by atoms with Gasteiger partial charge in [0.25, 0.3) is 5.91 Å². The fourth-order valence-electron chi connectivity index (χ4n) is 2.62. The number of rotatable bonds is 6. The van der Waals surface area contributed by atoms with Crippen LogP contribution in [0.5, 0.6) is 11.5 Å². The minimum absolute atomic E-state index is 0.275. The van der Waals surface area contributed by atoms with E-state index in [0.717, 1.165) is 16.3 Å². The number of nitrogens with one attached hydrogen (secondary N) is 1. The van der Waals surface area contributed by atoms with Gasteiger partial charge in [-0.3, -0.25) is 9.10 Å². The van der Waals surface area contributed by atoms with Gasteiger partial charge in [0, 0.05) is 17.8 Å². The van der Waals surface area contributed by atoms with Crippen molar-refractivity contribution in [3.05, 3.63) is 47.3 Å². The highest BCUT2D eigenvalue weighted by atomic mass is 32.2. The average Bonchev–Trinajstić information content (AvgIpc) is 3.10. The molecule has 0 aliphatic rings. The van der Waals surface area contributed by atoms with E-state index in [-0.39, 0.29) is 5.91 Å². The third kappa shape index (κ3) is 4.05. The Hall–Kier alpha value is -2.78. The Morgan fingerprint density at radius 1 is 1.07 bits per heavy atom. The van der Waals surface area contributed by atoms with Crippen LogP contribution in [0.4, 0.5) is 11.4 Å². The van der Waals surface area contributed by atoms with E-state index in [1.807, 2.05) is 6.07 Å². The molecule has 0 bridgehead atoms. The van der Waals surface area contributed by atoms with Gasteiger partial charge in [0.05, 0.1) is 36.7 Å². The molecule has 0 saturated heterocycles. The van der Waals surface area contributed by atoms with Crippen LogP contribution in [0.1, 0.15) is 9.67 Å². The number of benzene rings is 2. The molecule has 1 N–H and O–H groups in total. The summed E-state index contributed by atoms with van der Waals surface area (Å²) in [6.45, 7) is 0. The fourth-order valence-corrected chi connectivity index (χ4v) is 4.05. The lowest BCUT2D eigenvalue weighted by Gasteiger charge is -2.16. The van der Waals surface area contributed by atoms with E-state index in [9.17, 15) is 13.2 Å². The van der Waals surface area contributed by atoms with E-state index in [4.69, 9.17) is 9.47 Å². The van der Waals surface area contributed by atoms with Crippen molar-refractivity contribution in [3.8, 4) is 11.5 Å². The molecule has 9 heteroatoms. The molecule has 0 spiro atoms. The van der Waals surface area contributed by atoms with Crippen molar-refractivity contribution in [3.63, 3.8) is 0 Å². The second-order valence-corrected chi connectivity index (χ2v) is 9.18. The third-order valence-electron chi connectivity index (χ3n) is 4.24. The van der Waals surface area contributed by atoms with Crippen LogP contribution in [0.2, 0.25) is 0 Å². The number of amides is 1. The zero-order valence-electron chi connectivity index (χ0n) is 15.8. The second kappa shape index (κ2) is 7.69. The van der Waals surface area contributed by atoms with Gasteiger partial charge in [0.1, 0.15) is 11.5 Å². The number of anilines is 2. The van der Waals surface area contributed by atoms with Crippen molar-refractivity contribution >= 4 is 48.7 Å². The lowest BCUT2D eigenvalue weighted by Crippen LogP contribution is -2.24. The summed E-state index contributed by atoms with van der Waals surface area (Å²) < 4.78 is 36.0. The highest BCUT2D eigenvalue weighted by Crippen LogP contribution is 2.32. The minimum atomic E-state index is -3.35. The lowest BCUT2D eigenvalue weighted by atomic mass is 10.2. The summed E-state index contributed by atoms with van der Waals surface area (Å²) in [6, 6.07) is 12.1. The number of hydrogen-bond acceptors (Lipinski definition) is 6. The molecule has 2 aromatic carbocycles. The molecule has 1 amide bonds. The zero-order chi connectivity index (χ0) is 20.5. The quantitative estimate of drug-likeness (QED) is 0.659. The number of carbonyl (C=O) groups excluding carboxylic acids is 1. The number of sulfonamides is 1. The largest absolute Gasteiger partial charge is 0.497 e. The molecule has 3 aromatic rings. The van der Waals surface area contributed by atoms with Gasteiger partial charge < -0.3 is 14.8 Å². The number of ether oxygens (including phenoxy) is 2. The maximum atomic E-state index is 12.7. The van der Waals surface area contributed by atoms with Gasteiger partial charge in [0.2, 0.25) is 10.0 Å². The summed E-state index contributed by atoms with van der Waals surface area (Å²) in [4.78, 5) is 13.2. The summed E-state index contributed by atoms with van der Waals surface area (Å²) in [6.07, 6.45) is 1.14. The molecule has 0 saturated carbocycles. The van der Waals surface area contributed by atoms with Crippen LogP contribution in [-0.4, -0.2) is 41.8 Å². The monoisotopic (exact) mass is 420 g/mol. The van der Waals surface area contributed by atoms with E-state index in [2.05, 4.69) is 5.32 Å².